The second-order valence-electron chi connectivity index (χ2n) is 32.4. The number of rotatable bonds is 34. The van der Waals surface area contributed by atoms with Gasteiger partial charge in [-0.05, 0) is 6.92 Å². The van der Waals surface area contributed by atoms with Crippen LogP contribution in [0.3, 0.4) is 0 Å². The van der Waals surface area contributed by atoms with Crippen molar-refractivity contribution in [3.05, 3.63) is 0 Å². The van der Waals surface area contributed by atoms with Gasteiger partial charge in [0.25, 0.3) is 5.79 Å². The van der Waals surface area contributed by atoms with Gasteiger partial charge < -0.3 is 259 Å². The lowest BCUT2D eigenvalue weighted by Crippen LogP contribution is -2.71. The molecule has 51 atom stereocenters. The summed E-state index contributed by atoms with van der Waals surface area (Å²) in [5.74, 6) is -9.30. The molecule has 0 bridgehead atoms. The lowest BCUT2D eigenvalue weighted by Gasteiger charge is -2.51. The molecule has 10 heterocycles. The third-order valence-electron chi connectivity index (χ3n) is 23.4. The maximum Gasteiger partial charge on any atom is 0.364 e. The molecule has 57 nitrogen and oxygen atoms in total. The predicted molar refractivity (Wildman–Crippen MR) is 392 cm³/mol. The number of aliphatic hydroxyl groups excluding tert-OH is 28. The van der Waals surface area contributed by atoms with Crippen molar-refractivity contribution in [2.75, 3.05) is 59.5 Å². The number of ether oxygens (including phenoxy) is 19. The van der Waals surface area contributed by atoms with Gasteiger partial charge >= 0.3 is 5.97 Å². The summed E-state index contributed by atoms with van der Waals surface area (Å²) in [5.41, 5.74) is 0. The monoisotopic (exact) mass is 1870 g/mol. The zero-order chi connectivity index (χ0) is 94.6. The Morgan fingerprint density at radius 1 is 0.336 bits per heavy atom. The van der Waals surface area contributed by atoms with Crippen LogP contribution in [-0.2, 0) is 114 Å². The molecule has 0 aromatic carbocycles. The van der Waals surface area contributed by atoms with E-state index in [1.54, 1.807) is 0 Å². The second kappa shape index (κ2) is 45.4. The Morgan fingerprint density at radius 3 is 1.17 bits per heavy atom. The summed E-state index contributed by atoms with van der Waals surface area (Å²) in [6.45, 7) is -5.48. The van der Waals surface area contributed by atoms with Crippen LogP contribution in [0.5, 0.6) is 0 Å². The zero-order valence-corrected chi connectivity index (χ0v) is 68.7. The molecule has 0 unspecified atom stereocenters. The molecule has 33 N–H and O–H groups in total. The standard InChI is InChI=1S/C71H118N4O53/c1-16-35(89)45(99)48(102)64(112-16)111-15-30-55(42(96)32(61(107)113-30)73-18(3)84)121-62-33(74-19(4)85)43(97)53(27(12-81)118-62)122-67-51(105)58(41(95)29(120-67)14-110-65-50(104)57(39(93)25(10-79)114-65)124-66-49(103)46(100)37(91)23(8-77)115-66)125-69-60(47(101)38(92)24(9-78)117-69)126-63-34(75-20(5)86)44(98)54(28(13-82)119-63)123-68-52(106)59(40(94)26(11-80)116-68)128-71(70(108)109)6-21(87)31(72-17(2)83)56(127-71)36(90)22(88)7-76/h16,21-69,76-82,87-107H,6-15H2,1-5H3,(H,72,83)(H,73,84)(H,74,85)(H,75,86)(H,108,109)/t16-,21+,22-,23-,24-,25-,26-,27-,28-,29-,30-,31-,32-,33-,34-,35+,36-,37-,38-,39-,40+,41-,42-,43-,44-,45+,46+,47+,48-,49+,50+,51+,52-,53-,54-,55-,56-,57+,58+,59+,60+,61-,62+,63+,64+,65+,66-,67+,68+,69-,71+/m1/s1. The highest BCUT2D eigenvalue weighted by Crippen LogP contribution is 2.43. The normalized spacial score (nSPS) is 48.4. The number of aliphatic carboxylic acids is 1. The first-order chi connectivity index (χ1) is 60.3. The third kappa shape index (κ3) is 23.1. The molecule has 0 aliphatic carbocycles. The van der Waals surface area contributed by atoms with E-state index in [0.29, 0.717) is 0 Å². The number of hydrogen-bond donors (Lipinski definition) is 33. The van der Waals surface area contributed by atoms with Crippen LogP contribution in [0.1, 0.15) is 41.0 Å². The Kier molecular flexibility index (Phi) is 37.4. The molecule has 10 fully saturated rings. The Labute approximate surface area is 723 Å². The highest BCUT2D eigenvalue weighted by atomic mass is 16.8. The summed E-state index contributed by atoms with van der Waals surface area (Å²) in [5, 5.41) is 333. The molecule has 128 heavy (non-hydrogen) atoms. The van der Waals surface area contributed by atoms with E-state index in [4.69, 9.17) is 90.0 Å². The minimum Gasteiger partial charge on any atom is -0.477 e. The van der Waals surface area contributed by atoms with E-state index in [2.05, 4.69) is 21.3 Å². The van der Waals surface area contributed by atoms with E-state index >= 15 is 0 Å². The number of aliphatic hydroxyl groups is 28. The number of carboxylic acid groups (broad SMARTS) is 1. The first kappa shape index (κ1) is 106. The van der Waals surface area contributed by atoms with Gasteiger partial charge in [-0.1, -0.05) is 0 Å². The molecule has 740 valence electrons. The van der Waals surface area contributed by atoms with Gasteiger partial charge in [-0.25, -0.2) is 4.79 Å². The molecular formula is C71H118N4O53. The van der Waals surface area contributed by atoms with E-state index in [0.717, 1.165) is 27.7 Å². The third-order valence-corrected chi connectivity index (χ3v) is 23.4. The minimum absolute atomic E-state index is 0.853. The second-order valence-corrected chi connectivity index (χ2v) is 32.4. The molecule has 0 saturated carbocycles. The average Bonchev–Trinajstić information content (AvgIpc) is 0.752. The van der Waals surface area contributed by atoms with Crippen LogP contribution in [-0.4, -0.2) is 550 Å². The maximum absolute atomic E-state index is 13.3. The van der Waals surface area contributed by atoms with E-state index in [1.807, 2.05) is 0 Å². The molecule has 57 heteroatoms. The molecule has 0 aromatic heterocycles. The maximum atomic E-state index is 13.3. The fourth-order valence-electron chi connectivity index (χ4n) is 16.5. The van der Waals surface area contributed by atoms with E-state index in [9.17, 15) is 172 Å². The van der Waals surface area contributed by atoms with Crippen molar-refractivity contribution in [1.82, 2.24) is 21.3 Å². The van der Waals surface area contributed by atoms with Crippen molar-refractivity contribution in [3.8, 4) is 0 Å². The molecule has 10 aliphatic rings. The van der Waals surface area contributed by atoms with Gasteiger partial charge in [0.15, 0.2) is 56.6 Å². The van der Waals surface area contributed by atoms with Gasteiger partial charge in [0.2, 0.25) is 23.6 Å². The van der Waals surface area contributed by atoms with E-state index in [-0.39, 0.29) is 0 Å². The van der Waals surface area contributed by atoms with Crippen molar-refractivity contribution in [2.45, 2.75) is 353 Å². The van der Waals surface area contributed by atoms with E-state index in [1.165, 1.54) is 6.92 Å². The lowest BCUT2D eigenvalue weighted by molar-refractivity contribution is -0.400. The van der Waals surface area contributed by atoms with Gasteiger partial charge in [-0.15, -0.1) is 0 Å². The predicted octanol–water partition coefficient (Wildman–Crippen LogP) is -22.0. The zero-order valence-electron chi connectivity index (χ0n) is 68.7. The summed E-state index contributed by atoms with van der Waals surface area (Å²) in [6, 6.07) is -7.70. The first-order valence-corrected chi connectivity index (χ1v) is 40.6. The minimum atomic E-state index is -3.32. The van der Waals surface area contributed by atoms with Crippen molar-refractivity contribution in [3.63, 3.8) is 0 Å². The summed E-state index contributed by atoms with van der Waals surface area (Å²) >= 11 is 0. The average molecular weight is 1880 g/mol. The fraction of sp³-hybridized carbons (Fsp3) is 0.930. The number of carbonyl (C=O) groups excluding carboxylic acids is 4. The van der Waals surface area contributed by atoms with Crippen LogP contribution in [0.4, 0.5) is 0 Å². The van der Waals surface area contributed by atoms with Crippen molar-refractivity contribution < 1.29 is 262 Å². The molecule has 4 amide bonds. The number of hydrogen-bond acceptors (Lipinski definition) is 52. The van der Waals surface area contributed by atoms with Crippen LogP contribution < -0.4 is 21.3 Å². The largest absolute Gasteiger partial charge is 0.477 e. The van der Waals surface area contributed by atoms with Crippen LogP contribution in [0.25, 0.3) is 0 Å². The Balaban J connectivity index is 0.956. The topological polar surface area (TPSA) is 896 Å². The Hall–Kier alpha value is -4.53. The molecule has 10 aliphatic heterocycles. The number of amides is 4. The smallest absolute Gasteiger partial charge is 0.364 e. The van der Waals surface area contributed by atoms with Crippen LogP contribution >= 0.6 is 0 Å². The van der Waals surface area contributed by atoms with Gasteiger partial charge in [0.05, 0.1) is 77.7 Å². The SMILES string of the molecule is CC(=O)N[C@@H]1[C@@H](O)[C@H](O[C@@H]2O[C@H](CO)[C@@H](O[C@@H]3O[C@H](CO[C@H]4O[C@H](CO)[C@@H](O)[C@H](O[C@H]5O[C@H](CO)[C@@H](O)[C@H](O)[C@@H]5O)[C@@H]4O)[C@@H](O)[C@H](O[C@H]4O[C@H](CO)[C@@H](O)[C@H](O)[C@@H]4O[C@@H]4O[C@H](CO)[C@@H](O[C@@H]5O[C@H](CO)[C@H](O)[C@H](O[C@]6(C(=O)O)C[C@H](O)[C@@H](NC(C)=O)[C@H]([C@H](O)[C@H](O)CO)O6)[C@H]5O)[C@H](O)[C@H]4NC(C)=O)[C@@H]3O)[C@H](O)[C@H]2NC(C)=O)[C@@H](CO[C@H]2O[C@H](C)[C@H](O)[C@H](O)[C@H]2O)O[C@H]1O. The molecule has 10 rings (SSSR count). The van der Waals surface area contributed by atoms with Crippen LogP contribution in [0.15, 0.2) is 0 Å². The molecule has 0 aromatic rings. The van der Waals surface area contributed by atoms with Crippen molar-refractivity contribution in [1.29, 1.82) is 0 Å². The van der Waals surface area contributed by atoms with Gasteiger partial charge in [-0.3, -0.25) is 19.2 Å². The summed E-state index contributed by atoms with van der Waals surface area (Å²) < 4.78 is 112. The van der Waals surface area contributed by atoms with E-state index < -0.39 is 408 Å². The van der Waals surface area contributed by atoms with Gasteiger partial charge in [0.1, 0.15) is 232 Å². The van der Waals surface area contributed by atoms with Crippen molar-refractivity contribution >= 4 is 29.6 Å². The molecule has 0 radical (unpaired) electrons. The lowest BCUT2D eigenvalue weighted by atomic mass is 9.88. The summed E-state index contributed by atoms with van der Waals surface area (Å²) in [6.07, 6.45) is -100. The molecule has 10 saturated heterocycles. The van der Waals surface area contributed by atoms with Crippen LogP contribution in [0.2, 0.25) is 0 Å². The fourth-order valence-corrected chi connectivity index (χ4v) is 16.5. The van der Waals surface area contributed by atoms with Gasteiger partial charge in [-0.2, -0.15) is 0 Å². The Morgan fingerprint density at radius 2 is 0.680 bits per heavy atom. The van der Waals surface area contributed by atoms with Gasteiger partial charge in [0, 0.05) is 34.1 Å². The first-order valence-electron chi connectivity index (χ1n) is 40.6. The summed E-state index contributed by atoms with van der Waals surface area (Å²) in [7, 11) is 0. The Bertz CT molecular complexity index is 3530. The van der Waals surface area contributed by atoms with Crippen LogP contribution in [0, 0.1) is 0 Å². The quantitative estimate of drug-likeness (QED) is 0.0284. The highest BCUT2D eigenvalue weighted by Gasteiger charge is 2.64. The molecular weight excluding hydrogens is 1760 g/mol. The number of nitrogens with one attached hydrogen (secondary N) is 4. The number of carboxylic acids is 1. The van der Waals surface area contributed by atoms with Crippen molar-refractivity contribution in [2.24, 2.45) is 0 Å². The number of carbonyl (C=O) groups is 5. The highest BCUT2D eigenvalue weighted by molar-refractivity contribution is 5.77. The molecule has 0 spiro atoms. The summed E-state index contributed by atoms with van der Waals surface area (Å²) in [4.78, 5) is 64.5.